The van der Waals surface area contributed by atoms with Crippen LogP contribution in [0.15, 0.2) is 0 Å². The van der Waals surface area contributed by atoms with Crippen LogP contribution in [0.4, 0.5) is 0 Å². The van der Waals surface area contributed by atoms with Gasteiger partial charge in [0.15, 0.2) is 0 Å². The molecule has 0 aromatic carbocycles. The van der Waals surface area contributed by atoms with Crippen molar-refractivity contribution in [2.45, 2.75) is 0 Å². The van der Waals surface area contributed by atoms with Crippen molar-refractivity contribution in [3.05, 3.63) is 0 Å². The zero-order chi connectivity index (χ0) is 4.28. The summed E-state index contributed by atoms with van der Waals surface area (Å²) in [6.45, 7) is 0. The van der Waals surface area contributed by atoms with Crippen molar-refractivity contribution in [2.24, 2.45) is 0 Å². The Balaban J connectivity index is -0.0000000800. The van der Waals surface area contributed by atoms with Gasteiger partial charge in [0.05, 0.1) is 0 Å². The Bertz CT molecular complexity index is 43.3. The molecule has 7 heteroatoms. The summed E-state index contributed by atoms with van der Waals surface area (Å²) in [5.41, 5.74) is 0. The van der Waals surface area contributed by atoms with Crippen molar-refractivity contribution in [3.8, 4) is 0 Å². The second-order valence-corrected chi connectivity index (χ2v) is 0.836. The van der Waals surface area contributed by atoms with Gasteiger partial charge < -0.3 is 10.0 Å². The monoisotopic (exact) mass is 167 g/mol. The standard InChI is InChI=1S/Cr.H2O4S.H2O/c;1-4-5(2)3;/h;1H,(H,2,3);1H2/p-1. The Morgan fingerprint density at radius 3 is 1.86 bits per heavy atom. The van der Waals surface area contributed by atoms with Crippen molar-refractivity contribution in [1.29, 1.82) is 0 Å². The Kier molecular flexibility index (Phi) is 21.7. The number of hydrogen-bond acceptors (Lipinski definition) is 4. The van der Waals surface area contributed by atoms with E-state index in [9.17, 15) is 0 Å². The minimum Gasteiger partial charge on any atom is -0.748 e. The summed E-state index contributed by atoms with van der Waals surface area (Å²) >= 11 is -2.77. The maximum Gasteiger partial charge on any atom is 0.120 e. The third kappa shape index (κ3) is 21.0. The van der Waals surface area contributed by atoms with E-state index < -0.39 is 11.4 Å². The summed E-state index contributed by atoms with van der Waals surface area (Å²) in [6.07, 6.45) is 0. The van der Waals surface area contributed by atoms with Gasteiger partial charge in [-0.05, 0) is 0 Å². The van der Waals surface area contributed by atoms with Crippen LogP contribution in [0.1, 0.15) is 0 Å². The van der Waals surface area contributed by atoms with E-state index >= 15 is 0 Å². The topological polar surface area (TPSA) is 101 Å². The largest absolute Gasteiger partial charge is 0.748 e. The third-order valence-corrected chi connectivity index (χ3v) is 0.183. The number of hydrogen-bond donors (Lipinski definition) is 1. The normalized spacial score (nSPS) is 10.6. The van der Waals surface area contributed by atoms with E-state index in [-0.39, 0.29) is 22.8 Å². The fraction of sp³-hybridized carbons (Fsp3) is 0. The molecule has 5 nitrogen and oxygen atoms in total. The SMILES string of the molecule is O.O=S([O-])OO.[Cr]. The molecule has 7 heavy (non-hydrogen) atoms. The average molecular weight is 167 g/mol. The first-order chi connectivity index (χ1) is 2.27. The predicted molar refractivity (Wildman–Crippen MR) is 16.2 cm³/mol. The Morgan fingerprint density at radius 2 is 1.86 bits per heavy atom. The molecule has 3 N–H and O–H groups in total. The quantitative estimate of drug-likeness (QED) is 0.290. The van der Waals surface area contributed by atoms with Gasteiger partial charge in [0.1, 0.15) is 11.4 Å². The second-order valence-electron chi connectivity index (χ2n) is 0.279. The molecule has 0 heterocycles. The zero-order valence-corrected chi connectivity index (χ0v) is 5.08. The van der Waals surface area contributed by atoms with E-state index in [1.54, 1.807) is 0 Å². The Labute approximate surface area is 53.2 Å². The predicted octanol–water partition coefficient (Wildman–Crippen LogP) is -1.56. The van der Waals surface area contributed by atoms with Crippen LogP contribution >= 0.6 is 0 Å². The first-order valence-electron chi connectivity index (χ1n) is 0.683. The molecule has 0 aliphatic carbocycles. The van der Waals surface area contributed by atoms with E-state index in [4.69, 9.17) is 14.0 Å². The molecule has 0 saturated heterocycles. The van der Waals surface area contributed by atoms with Gasteiger partial charge in [-0.25, -0.2) is 9.47 Å². The van der Waals surface area contributed by atoms with Crippen LogP contribution in [0, 0.1) is 0 Å². The fourth-order valence-corrected chi connectivity index (χ4v) is 0. The fourth-order valence-electron chi connectivity index (χ4n) is 0. The van der Waals surface area contributed by atoms with Gasteiger partial charge >= 0.3 is 0 Å². The van der Waals surface area contributed by atoms with Crippen LogP contribution in [-0.2, 0) is 33.1 Å². The molecule has 0 fully saturated rings. The molecule has 0 saturated carbocycles. The van der Waals surface area contributed by atoms with Crippen LogP contribution in [0.25, 0.3) is 0 Å². The smallest absolute Gasteiger partial charge is 0.120 e. The van der Waals surface area contributed by atoms with Gasteiger partial charge in [-0.2, -0.15) is 0 Å². The average Bonchev–Trinajstić information content (AvgIpc) is 1.38. The van der Waals surface area contributed by atoms with Crippen molar-refractivity contribution in [1.82, 2.24) is 0 Å². The molecule has 46 valence electrons. The van der Waals surface area contributed by atoms with Crippen molar-refractivity contribution in [2.75, 3.05) is 0 Å². The molecule has 0 aliphatic heterocycles. The van der Waals surface area contributed by atoms with Crippen molar-refractivity contribution < 1.29 is 41.2 Å². The Hall–Kier alpha value is 0.522. The number of rotatable bonds is 1. The third-order valence-electron chi connectivity index (χ3n) is 0.0609. The molecular weight excluding hydrogens is 164 g/mol. The first-order valence-corrected chi connectivity index (χ1v) is 1.68. The van der Waals surface area contributed by atoms with E-state index in [2.05, 4.69) is 4.33 Å². The first kappa shape index (κ1) is 15.6. The summed E-state index contributed by atoms with van der Waals surface area (Å²) < 4.78 is 20.5. The van der Waals surface area contributed by atoms with Gasteiger partial charge in [0, 0.05) is 17.4 Å². The molecule has 0 spiro atoms. The van der Waals surface area contributed by atoms with Crippen molar-refractivity contribution in [3.63, 3.8) is 0 Å². The van der Waals surface area contributed by atoms with Gasteiger partial charge in [-0.3, -0.25) is 0 Å². The van der Waals surface area contributed by atoms with Gasteiger partial charge in [0.2, 0.25) is 0 Å². The second kappa shape index (κ2) is 9.73. The van der Waals surface area contributed by atoms with Gasteiger partial charge in [-0.1, -0.05) is 0 Å². The van der Waals surface area contributed by atoms with Crippen LogP contribution in [0.2, 0.25) is 0 Å². The minimum absolute atomic E-state index is 0. The van der Waals surface area contributed by atoms with E-state index in [1.165, 1.54) is 0 Å². The van der Waals surface area contributed by atoms with E-state index in [0.29, 0.717) is 0 Å². The summed E-state index contributed by atoms with van der Waals surface area (Å²) in [6, 6.07) is 0. The summed E-state index contributed by atoms with van der Waals surface area (Å²) in [4.78, 5) is 0. The van der Waals surface area contributed by atoms with Gasteiger partial charge in [0.25, 0.3) is 0 Å². The molecule has 1 atom stereocenters. The molecule has 1 unspecified atom stereocenters. The molecule has 0 amide bonds. The molecule has 0 radical (unpaired) electrons. The summed E-state index contributed by atoms with van der Waals surface area (Å²) in [5, 5.41) is 7.03. The molecule has 0 aliphatic rings. The van der Waals surface area contributed by atoms with Crippen molar-refractivity contribution >= 4 is 11.4 Å². The van der Waals surface area contributed by atoms with Crippen LogP contribution in [-0.4, -0.2) is 19.5 Å². The van der Waals surface area contributed by atoms with E-state index in [0.717, 1.165) is 0 Å². The Morgan fingerprint density at radius 1 is 1.71 bits per heavy atom. The maximum absolute atomic E-state index is 8.90. The summed E-state index contributed by atoms with van der Waals surface area (Å²) in [7, 11) is 0. The minimum atomic E-state index is -2.77. The van der Waals surface area contributed by atoms with Crippen LogP contribution < -0.4 is 0 Å². The zero-order valence-electron chi connectivity index (χ0n) is 2.99. The summed E-state index contributed by atoms with van der Waals surface area (Å²) in [5.74, 6) is 0. The van der Waals surface area contributed by atoms with Crippen LogP contribution in [0.5, 0.6) is 0 Å². The molecule has 0 aromatic heterocycles. The molecule has 0 aromatic rings. The molecule has 0 bridgehead atoms. The van der Waals surface area contributed by atoms with Crippen LogP contribution in [0.3, 0.4) is 0 Å². The van der Waals surface area contributed by atoms with Gasteiger partial charge in [-0.15, -0.1) is 4.33 Å². The molecule has 0 rings (SSSR count). The van der Waals surface area contributed by atoms with E-state index in [1.807, 2.05) is 0 Å². The maximum atomic E-state index is 8.90. The molecular formula is H3CrO5S-.